The zero-order chi connectivity index (χ0) is 30.4. The van der Waals surface area contributed by atoms with Crippen LogP contribution in [0.4, 0.5) is 5.69 Å². The first kappa shape index (κ1) is 30.7. The maximum absolute atomic E-state index is 14.4. The molecule has 11 heteroatoms. The second kappa shape index (κ2) is 13.7. The van der Waals surface area contributed by atoms with Gasteiger partial charge in [-0.2, -0.15) is 0 Å². The number of fused-ring (bicyclic) bond motifs is 1. The SMILES string of the molecule is CCS(=O)(=O)N(CC(=O)N(Cc1ccccc1Cl)[C@@H](Cc1ccccc1)C(=O)NC1CCCC1)c1ccc2c(c1)OCO2. The summed E-state index contributed by atoms with van der Waals surface area (Å²) in [4.78, 5) is 29.8. The van der Waals surface area contributed by atoms with E-state index in [4.69, 9.17) is 21.1 Å². The summed E-state index contributed by atoms with van der Waals surface area (Å²) in [5.41, 5.74) is 1.80. The van der Waals surface area contributed by atoms with Gasteiger partial charge in [0.25, 0.3) is 0 Å². The number of carbonyl (C=O) groups excluding carboxylic acids is 2. The van der Waals surface area contributed by atoms with Gasteiger partial charge in [0.05, 0.1) is 11.4 Å². The van der Waals surface area contributed by atoms with E-state index in [9.17, 15) is 18.0 Å². The monoisotopic (exact) mass is 625 g/mol. The molecule has 5 rings (SSSR count). The number of carbonyl (C=O) groups is 2. The molecule has 43 heavy (non-hydrogen) atoms. The number of hydrogen-bond acceptors (Lipinski definition) is 6. The number of ether oxygens (including phenoxy) is 2. The largest absolute Gasteiger partial charge is 0.454 e. The van der Waals surface area contributed by atoms with Gasteiger partial charge in [0.15, 0.2) is 11.5 Å². The van der Waals surface area contributed by atoms with Gasteiger partial charge < -0.3 is 19.7 Å². The highest BCUT2D eigenvalue weighted by molar-refractivity contribution is 7.92. The van der Waals surface area contributed by atoms with Crippen LogP contribution in [-0.2, 0) is 32.6 Å². The zero-order valence-corrected chi connectivity index (χ0v) is 25.6. The molecule has 3 aromatic carbocycles. The second-order valence-corrected chi connectivity index (χ2v) is 13.3. The minimum absolute atomic E-state index is 0.0231. The first-order valence-electron chi connectivity index (χ1n) is 14.5. The van der Waals surface area contributed by atoms with Crippen LogP contribution in [0, 0.1) is 0 Å². The van der Waals surface area contributed by atoms with Gasteiger partial charge in [-0.3, -0.25) is 13.9 Å². The van der Waals surface area contributed by atoms with Crippen molar-refractivity contribution in [2.75, 3.05) is 23.4 Å². The lowest BCUT2D eigenvalue weighted by molar-refractivity contribution is -0.140. The zero-order valence-electron chi connectivity index (χ0n) is 24.1. The van der Waals surface area contributed by atoms with Crippen LogP contribution in [0.5, 0.6) is 11.5 Å². The molecule has 0 bridgehead atoms. The van der Waals surface area contributed by atoms with Crippen LogP contribution >= 0.6 is 11.6 Å². The fourth-order valence-electron chi connectivity index (χ4n) is 5.49. The number of hydrogen-bond donors (Lipinski definition) is 1. The highest BCUT2D eigenvalue weighted by Gasteiger charge is 2.35. The van der Waals surface area contributed by atoms with Gasteiger partial charge in [-0.15, -0.1) is 0 Å². The van der Waals surface area contributed by atoms with E-state index in [0.717, 1.165) is 35.6 Å². The summed E-state index contributed by atoms with van der Waals surface area (Å²) in [5, 5.41) is 3.61. The third-order valence-corrected chi connectivity index (χ3v) is 10.0. The van der Waals surface area contributed by atoms with Crippen molar-refractivity contribution in [2.45, 2.75) is 57.7 Å². The highest BCUT2D eigenvalue weighted by atomic mass is 35.5. The molecule has 0 spiro atoms. The minimum Gasteiger partial charge on any atom is -0.454 e. The molecule has 3 aromatic rings. The molecule has 0 aromatic heterocycles. The van der Waals surface area contributed by atoms with Gasteiger partial charge in [-0.05, 0) is 49.1 Å². The van der Waals surface area contributed by atoms with Crippen molar-refractivity contribution in [3.63, 3.8) is 0 Å². The smallest absolute Gasteiger partial charge is 0.244 e. The summed E-state index contributed by atoms with van der Waals surface area (Å²) in [5.74, 6) is -0.140. The molecule has 1 heterocycles. The molecule has 2 amide bonds. The summed E-state index contributed by atoms with van der Waals surface area (Å²) in [7, 11) is -3.90. The van der Waals surface area contributed by atoms with E-state index in [1.54, 1.807) is 36.4 Å². The van der Waals surface area contributed by atoms with Crippen molar-refractivity contribution in [1.29, 1.82) is 0 Å². The Kier molecular flexibility index (Phi) is 9.77. The predicted octanol–water partition coefficient (Wildman–Crippen LogP) is 4.92. The molecule has 0 unspecified atom stereocenters. The molecule has 1 aliphatic carbocycles. The molecule has 1 fully saturated rings. The fraction of sp³-hybridized carbons (Fsp3) is 0.375. The first-order valence-corrected chi connectivity index (χ1v) is 16.5. The summed E-state index contributed by atoms with van der Waals surface area (Å²) in [6.07, 6.45) is 4.09. The minimum atomic E-state index is -3.90. The Morgan fingerprint density at radius 1 is 0.977 bits per heavy atom. The third kappa shape index (κ3) is 7.43. The molecule has 228 valence electrons. The van der Waals surface area contributed by atoms with Gasteiger partial charge in [0.1, 0.15) is 12.6 Å². The van der Waals surface area contributed by atoms with E-state index < -0.39 is 28.5 Å². The fourth-order valence-corrected chi connectivity index (χ4v) is 6.74. The van der Waals surface area contributed by atoms with Crippen LogP contribution < -0.4 is 19.1 Å². The Hall–Kier alpha value is -3.76. The van der Waals surface area contributed by atoms with Crippen LogP contribution in [0.3, 0.4) is 0 Å². The summed E-state index contributed by atoms with van der Waals surface area (Å²) in [6.45, 7) is 1.06. The summed E-state index contributed by atoms with van der Waals surface area (Å²) >= 11 is 6.54. The highest BCUT2D eigenvalue weighted by Crippen LogP contribution is 2.36. The number of benzene rings is 3. The molecule has 9 nitrogen and oxygen atoms in total. The predicted molar refractivity (Wildman–Crippen MR) is 166 cm³/mol. The molecule has 2 aliphatic rings. The molecule has 0 radical (unpaired) electrons. The lowest BCUT2D eigenvalue weighted by Gasteiger charge is -2.34. The van der Waals surface area contributed by atoms with Crippen LogP contribution in [-0.4, -0.2) is 56.3 Å². The molecule has 1 saturated carbocycles. The number of sulfonamides is 1. The van der Waals surface area contributed by atoms with Crippen LogP contribution in [0.2, 0.25) is 5.02 Å². The number of rotatable bonds is 12. The maximum Gasteiger partial charge on any atom is 0.244 e. The van der Waals surface area contributed by atoms with Gasteiger partial charge in [0, 0.05) is 30.1 Å². The van der Waals surface area contributed by atoms with Gasteiger partial charge in [-0.1, -0.05) is 73.0 Å². The Labute approximate surface area is 257 Å². The standard InChI is InChI=1S/C32H36ClN3O6S/c1-2-43(39,40)36(26-16-17-29-30(19-26)42-22-41-29)21-31(37)35(20-24-12-6-9-15-27(24)33)28(18-23-10-4-3-5-11-23)32(38)34-25-13-7-8-14-25/h3-6,9-12,15-17,19,25,28H,2,7-8,13-14,18,20-22H2,1H3,(H,34,38)/t28-/m0/s1. The van der Waals surface area contributed by atoms with Crippen molar-refractivity contribution < 1.29 is 27.5 Å². The van der Waals surface area contributed by atoms with E-state index in [1.807, 2.05) is 36.4 Å². The summed E-state index contributed by atoms with van der Waals surface area (Å²) in [6, 6.07) is 20.5. The molecule has 1 N–H and O–H groups in total. The Morgan fingerprint density at radius 2 is 1.67 bits per heavy atom. The van der Waals surface area contributed by atoms with Gasteiger partial charge in [-0.25, -0.2) is 8.42 Å². The van der Waals surface area contributed by atoms with Crippen LogP contribution in [0.25, 0.3) is 0 Å². The van der Waals surface area contributed by atoms with Crippen LogP contribution in [0.1, 0.15) is 43.7 Å². The molecule has 1 atom stereocenters. The molecular weight excluding hydrogens is 590 g/mol. The normalized spacial score (nSPS) is 15.2. The molecular formula is C32H36ClN3O6S. The van der Waals surface area contributed by atoms with Crippen molar-refractivity contribution in [3.05, 3.63) is 88.9 Å². The topological polar surface area (TPSA) is 105 Å². The van der Waals surface area contributed by atoms with Crippen molar-refractivity contribution >= 4 is 39.1 Å². The number of halogens is 1. The number of anilines is 1. The number of nitrogens with one attached hydrogen (secondary N) is 1. The lowest BCUT2D eigenvalue weighted by atomic mass is 10.0. The average molecular weight is 626 g/mol. The van der Waals surface area contributed by atoms with E-state index in [1.165, 1.54) is 11.8 Å². The van der Waals surface area contributed by atoms with Crippen molar-refractivity contribution in [3.8, 4) is 11.5 Å². The Balaban J connectivity index is 1.52. The Morgan fingerprint density at radius 3 is 2.40 bits per heavy atom. The lowest BCUT2D eigenvalue weighted by Crippen LogP contribution is -2.54. The van der Waals surface area contributed by atoms with Crippen molar-refractivity contribution in [2.24, 2.45) is 0 Å². The average Bonchev–Trinajstić information content (AvgIpc) is 3.70. The van der Waals surface area contributed by atoms with E-state index in [0.29, 0.717) is 22.1 Å². The number of amides is 2. The summed E-state index contributed by atoms with van der Waals surface area (Å²) < 4.78 is 38.7. The van der Waals surface area contributed by atoms with Gasteiger partial charge in [0.2, 0.25) is 28.6 Å². The Bertz CT molecular complexity index is 1550. The van der Waals surface area contributed by atoms with Crippen LogP contribution in [0.15, 0.2) is 72.8 Å². The van der Waals surface area contributed by atoms with E-state index in [-0.39, 0.29) is 43.1 Å². The second-order valence-electron chi connectivity index (χ2n) is 10.8. The maximum atomic E-state index is 14.4. The third-order valence-electron chi connectivity index (χ3n) is 7.89. The quantitative estimate of drug-likeness (QED) is 0.306. The van der Waals surface area contributed by atoms with Crippen molar-refractivity contribution in [1.82, 2.24) is 10.2 Å². The van der Waals surface area contributed by atoms with Gasteiger partial charge >= 0.3 is 0 Å². The number of nitrogens with zero attached hydrogens (tertiary/aromatic N) is 2. The van der Waals surface area contributed by atoms with E-state index in [2.05, 4.69) is 5.32 Å². The first-order chi connectivity index (χ1) is 20.7. The molecule has 1 aliphatic heterocycles. The van der Waals surface area contributed by atoms with E-state index >= 15 is 0 Å². The molecule has 0 saturated heterocycles.